The SMILES string of the molecule is CCNC(=O)CCn1c(C)cc(C(=O)O)c1C. The average Bonchev–Trinajstić information content (AvgIpc) is 2.52. The summed E-state index contributed by atoms with van der Waals surface area (Å²) in [6, 6.07) is 1.63. The van der Waals surface area contributed by atoms with Gasteiger partial charge < -0.3 is 15.0 Å². The lowest BCUT2D eigenvalue weighted by atomic mass is 10.2. The van der Waals surface area contributed by atoms with Gasteiger partial charge in [-0.25, -0.2) is 4.79 Å². The molecule has 17 heavy (non-hydrogen) atoms. The van der Waals surface area contributed by atoms with Crippen LogP contribution in [0.25, 0.3) is 0 Å². The highest BCUT2D eigenvalue weighted by Gasteiger charge is 2.14. The largest absolute Gasteiger partial charge is 0.478 e. The van der Waals surface area contributed by atoms with Crippen LogP contribution in [0.3, 0.4) is 0 Å². The predicted octanol–water partition coefficient (Wildman–Crippen LogP) is 1.33. The zero-order valence-electron chi connectivity index (χ0n) is 10.4. The summed E-state index contributed by atoms with van der Waals surface area (Å²) in [5, 5.41) is 11.7. The van der Waals surface area contributed by atoms with Crippen LogP contribution in [-0.4, -0.2) is 28.1 Å². The van der Waals surface area contributed by atoms with Crippen LogP contribution >= 0.6 is 0 Å². The molecule has 5 nitrogen and oxygen atoms in total. The fourth-order valence-electron chi connectivity index (χ4n) is 1.86. The monoisotopic (exact) mass is 238 g/mol. The second-order valence-corrected chi connectivity index (χ2v) is 3.95. The van der Waals surface area contributed by atoms with Crippen LogP contribution in [0.15, 0.2) is 6.07 Å². The maximum absolute atomic E-state index is 11.3. The van der Waals surface area contributed by atoms with E-state index in [1.165, 1.54) is 0 Å². The molecule has 0 aliphatic carbocycles. The van der Waals surface area contributed by atoms with Crippen LogP contribution in [-0.2, 0) is 11.3 Å². The van der Waals surface area contributed by atoms with Crippen molar-refractivity contribution in [2.75, 3.05) is 6.54 Å². The van der Waals surface area contributed by atoms with Crippen LogP contribution in [0.2, 0.25) is 0 Å². The summed E-state index contributed by atoms with van der Waals surface area (Å²) in [6.45, 7) is 6.59. The molecule has 1 amide bonds. The Kier molecular flexibility index (Phi) is 4.31. The first-order valence-corrected chi connectivity index (χ1v) is 5.64. The third kappa shape index (κ3) is 3.09. The van der Waals surface area contributed by atoms with E-state index in [1.807, 2.05) is 18.4 Å². The van der Waals surface area contributed by atoms with Crippen LogP contribution in [0, 0.1) is 13.8 Å². The van der Waals surface area contributed by atoms with E-state index >= 15 is 0 Å². The van der Waals surface area contributed by atoms with Crippen LogP contribution in [0.5, 0.6) is 0 Å². The Labute approximate surface area is 100 Å². The quantitative estimate of drug-likeness (QED) is 0.813. The van der Waals surface area contributed by atoms with Crippen molar-refractivity contribution in [1.82, 2.24) is 9.88 Å². The zero-order chi connectivity index (χ0) is 13.0. The van der Waals surface area contributed by atoms with E-state index in [-0.39, 0.29) is 5.91 Å². The highest BCUT2D eigenvalue weighted by atomic mass is 16.4. The summed E-state index contributed by atoms with van der Waals surface area (Å²) >= 11 is 0. The van der Waals surface area contributed by atoms with E-state index in [1.54, 1.807) is 13.0 Å². The van der Waals surface area contributed by atoms with E-state index in [0.717, 1.165) is 5.69 Å². The molecular weight excluding hydrogens is 220 g/mol. The van der Waals surface area contributed by atoms with Gasteiger partial charge in [0, 0.05) is 30.9 Å². The lowest BCUT2D eigenvalue weighted by Crippen LogP contribution is -2.24. The fraction of sp³-hybridized carbons (Fsp3) is 0.500. The van der Waals surface area contributed by atoms with E-state index in [0.29, 0.717) is 30.8 Å². The van der Waals surface area contributed by atoms with Gasteiger partial charge in [0.1, 0.15) is 0 Å². The van der Waals surface area contributed by atoms with Gasteiger partial charge in [-0.1, -0.05) is 0 Å². The summed E-state index contributed by atoms with van der Waals surface area (Å²) < 4.78 is 1.86. The number of nitrogens with zero attached hydrogens (tertiary/aromatic N) is 1. The van der Waals surface area contributed by atoms with Gasteiger partial charge in [0.25, 0.3) is 0 Å². The average molecular weight is 238 g/mol. The minimum atomic E-state index is -0.928. The van der Waals surface area contributed by atoms with Gasteiger partial charge >= 0.3 is 5.97 Å². The highest BCUT2D eigenvalue weighted by Crippen LogP contribution is 2.15. The number of aryl methyl sites for hydroxylation is 1. The van der Waals surface area contributed by atoms with Crippen molar-refractivity contribution < 1.29 is 14.7 Å². The second kappa shape index (κ2) is 5.52. The lowest BCUT2D eigenvalue weighted by Gasteiger charge is -2.09. The molecule has 0 aliphatic rings. The second-order valence-electron chi connectivity index (χ2n) is 3.95. The Morgan fingerprint density at radius 1 is 1.41 bits per heavy atom. The molecule has 1 rings (SSSR count). The van der Waals surface area contributed by atoms with Gasteiger partial charge in [-0.3, -0.25) is 4.79 Å². The third-order valence-corrected chi connectivity index (χ3v) is 2.74. The van der Waals surface area contributed by atoms with Gasteiger partial charge in [0.15, 0.2) is 0 Å². The molecule has 0 bridgehead atoms. The molecular formula is C12H18N2O3. The third-order valence-electron chi connectivity index (χ3n) is 2.74. The summed E-state index contributed by atoms with van der Waals surface area (Å²) in [5.41, 5.74) is 1.86. The summed E-state index contributed by atoms with van der Waals surface area (Å²) in [6.07, 6.45) is 0.364. The zero-order valence-corrected chi connectivity index (χ0v) is 10.4. The molecule has 0 fully saturated rings. The molecule has 0 saturated heterocycles. The Hall–Kier alpha value is -1.78. The Morgan fingerprint density at radius 2 is 2.06 bits per heavy atom. The number of amides is 1. The molecule has 0 aromatic carbocycles. The van der Waals surface area contributed by atoms with Crippen molar-refractivity contribution in [2.45, 2.75) is 33.7 Å². The topological polar surface area (TPSA) is 71.3 Å². The summed E-state index contributed by atoms with van der Waals surface area (Å²) in [5.74, 6) is -0.945. The van der Waals surface area contributed by atoms with E-state index in [4.69, 9.17) is 5.11 Å². The maximum atomic E-state index is 11.3. The number of rotatable bonds is 5. The number of carbonyl (C=O) groups is 2. The fourth-order valence-corrected chi connectivity index (χ4v) is 1.86. The molecule has 0 spiro atoms. The first-order chi connectivity index (χ1) is 7.97. The van der Waals surface area contributed by atoms with E-state index < -0.39 is 5.97 Å². The normalized spacial score (nSPS) is 10.3. The Balaban J connectivity index is 2.78. The van der Waals surface area contributed by atoms with Crippen molar-refractivity contribution in [3.63, 3.8) is 0 Å². The Bertz CT molecular complexity index is 435. The minimum absolute atomic E-state index is 0.0168. The molecule has 0 atom stereocenters. The van der Waals surface area contributed by atoms with Crippen LogP contribution in [0.1, 0.15) is 35.1 Å². The molecule has 0 saturated carbocycles. The van der Waals surface area contributed by atoms with Gasteiger partial charge in [-0.2, -0.15) is 0 Å². The number of hydrogen-bond donors (Lipinski definition) is 2. The molecule has 0 aliphatic heterocycles. The van der Waals surface area contributed by atoms with Crippen LogP contribution in [0.4, 0.5) is 0 Å². The molecule has 0 unspecified atom stereocenters. The number of nitrogens with one attached hydrogen (secondary N) is 1. The van der Waals surface area contributed by atoms with Crippen molar-refractivity contribution in [3.05, 3.63) is 23.0 Å². The van der Waals surface area contributed by atoms with Crippen molar-refractivity contribution in [1.29, 1.82) is 0 Å². The molecule has 5 heteroatoms. The van der Waals surface area contributed by atoms with Gasteiger partial charge in [-0.05, 0) is 26.8 Å². The summed E-state index contributed by atoms with van der Waals surface area (Å²) in [7, 11) is 0. The number of aromatic carboxylic acids is 1. The number of hydrogen-bond acceptors (Lipinski definition) is 2. The first-order valence-electron chi connectivity index (χ1n) is 5.64. The van der Waals surface area contributed by atoms with Gasteiger partial charge in [0.2, 0.25) is 5.91 Å². The van der Waals surface area contributed by atoms with Crippen molar-refractivity contribution in [3.8, 4) is 0 Å². The molecule has 1 aromatic heterocycles. The molecule has 1 aromatic rings. The molecule has 1 heterocycles. The smallest absolute Gasteiger partial charge is 0.337 e. The first kappa shape index (κ1) is 13.3. The van der Waals surface area contributed by atoms with Crippen LogP contribution < -0.4 is 5.32 Å². The van der Waals surface area contributed by atoms with E-state index in [9.17, 15) is 9.59 Å². The molecule has 0 radical (unpaired) electrons. The molecule has 94 valence electrons. The Morgan fingerprint density at radius 3 is 2.53 bits per heavy atom. The minimum Gasteiger partial charge on any atom is -0.478 e. The number of carboxylic acids is 1. The maximum Gasteiger partial charge on any atom is 0.337 e. The van der Waals surface area contributed by atoms with Gasteiger partial charge in [0.05, 0.1) is 5.56 Å². The van der Waals surface area contributed by atoms with Gasteiger partial charge in [-0.15, -0.1) is 0 Å². The predicted molar refractivity (Wildman–Crippen MR) is 64.2 cm³/mol. The standard InChI is InChI=1S/C12H18N2O3/c1-4-13-11(15)5-6-14-8(2)7-10(9(14)3)12(16)17/h7H,4-6H2,1-3H3,(H,13,15)(H,16,17). The summed E-state index contributed by atoms with van der Waals surface area (Å²) in [4.78, 5) is 22.3. The molecule has 2 N–H and O–H groups in total. The van der Waals surface area contributed by atoms with Crippen molar-refractivity contribution >= 4 is 11.9 Å². The highest BCUT2D eigenvalue weighted by molar-refractivity contribution is 5.89. The van der Waals surface area contributed by atoms with Crippen molar-refractivity contribution in [2.24, 2.45) is 0 Å². The number of carbonyl (C=O) groups excluding carboxylic acids is 1. The number of aromatic nitrogens is 1. The number of carboxylic acid groups (broad SMARTS) is 1. The lowest BCUT2D eigenvalue weighted by molar-refractivity contribution is -0.121. The van der Waals surface area contributed by atoms with E-state index in [2.05, 4.69) is 5.32 Å².